The lowest BCUT2D eigenvalue weighted by Crippen LogP contribution is -2.40. The van der Waals surface area contributed by atoms with Gasteiger partial charge in [0.15, 0.2) is 0 Å². The van der Waals surface area contributed by atoms with Crippen LogP contribution in [0.4, 0.5) is 10.1 Å². The van der Waals surface area contributed by atoms with Crippen molar-refractivity contribution in [2.24, 2.45) is 0 Å². The fourth-order valence-electron chi connectivity index (χ4n) is 2.47. The van der Waals surface area contributed by atoms with Crippen LogP contribution < -0.4 is 5.32 Å². The number of sulfonamides is 1. The van der Waals surface area contributed by atoms with E-state index >= 15 is 0 Å². The van der Waals surface area contributed by atoms with Gasteiger partial charge in [0, 0.05) is 24.3 Å². The van der Waals surface area contributed by atoms with E-state index in [-0.39, 0.29) is 23.5 Å². The van der Waals surface area contributed by atoms with Crippen LogP contribution >= 0.6 is 0 Å². The third-order valence-corrected chi connectivity index (χ3v) is 5.70. The molecule has 0 saturated carbocycles. The zero-order valence-corrected chi connectivity index (χ0v) is 14.1. The average Bonchev–Trinajstić information content (AvgIpc) is 2.64. The van der Waals surface area contributed by atoms with Gasteiger partial charge >= 0.3 is 0 Å². The van der Waals surface area contributed by atoms with Gasteiger partial charge in [-0.05, 0) is 42.5 Å². The van der Waals surface area contributed by atoms with Crippen molar-refractivity contribution in [1.82, 2.24) is 4.31 Å². The Kier molecular flexibility index (Phi) is 5.12. The summed E-state index contributed by atoms with van der Waals surface area (Å²) in [5.74, 6) is -0.873. The van der Waals surface area contributed by atoms with Gasteiger partial charge in [0.05, 0.1) is 18.1 Å². The first-order chi connectivity index (χ1) is 12.0. The lowest BCUT2D eigenvalue weighted by Gasteiger charge is -2.26. The lowest BCUT2D eigenvalue weighted by molar-refractivity contribution is 0.0730. The number of benzene rings is 2. The van der Waals surface area contributed by atoms with E-state index in [4.69, 9.17) is 4.74 Å². The van der Waals surface area contributed by atoms with Crippen molar-refractivity contribution in [3.63, 3.8) is 0 Å². The first-order valence-corrected chi connectivity index (χ1v) is 9.16. The van der Waals surface area contributed by atoms with E-state index in [1.165, 1.54) is 52.8 Å². The Balaban J connectivity index is 1.80. The number of morpholine rings is 1. The topological polar surface area (TPSA) is 75.7 Å². The molecular formula is C17H17FN2O4S. The van der Waals surface area contributed by atoms with Crippen LogP contribution in [0, 0.1) is 5.82 Å². The van der Waals surface area contributed by atoms with E-state index < -0.39 is 21.7 Å². The largest absolute Gasteiger partial charge is 0.379 e. The molecule has 0 atom stereocenters. The van der Waals surface area contributed by atoms with Crippen molar-refractivity contribution in [3.05, 3.63) is 59.9 Å². The highest BCUT2D eigenvalue weighted by atomic mass is 32.2. The maximum atomic E-state index is 12.9. The fourth-order valence-corrected chi connectivity index (χ4v) is 3.92. The molecule has 0 spiro atoms. The predicted molar refractivity (Wildman–Crippen MR) is 90.4 cm³/mol. The smallest absolute Gasteiger partial charge is 0.255 e. The van der Waals surface area contributed by atoms with E-state index in [2.05, 4.69) is 5.32 Å². The van der Waals surface area contributed by atoms with E-state index in [0.717, 1.165) is 0 Å². The van der Waals surface area contributed by atoms with Crippen molar-refractivity contribution in [2.75, 3.05) is 31.6 Å². The Morgan fingerprint density at radius 2 is 1.76 bits per heavy atom. The molecule has 1 saturated heterocycles. The number of hydrogen-bond acceptors (Lipinski definition) is 4. The second-order valence-electron chi connectivity index (χ2n) is 5.51. The minimum atomic E-state index is -3.67. The Labute approximate surface area is 145 Å². The standard InChI is InChI=1S/C17H17FN2O4S/c18-14-4-6-15(7-5-14)19-17(21)13-2-1-3-16(12-13)25(22,23)20-8-10-24-11-9-20/h1-7,12H,8-11H2,(H,19,21). The number of nitrogens with one attached hydrogen (secondary N) is 1. The second kappa shape index (κ2) is 7.30. The van der Waals surface area contributed by atoms with Crippen LogP contribution in [0.15, 0.2) is 53.4 Å². The number of anilines is 1. The molecule has 0 aliphatic carbocycles. The number of carbonyl (C=O) groups excluding carboxylic acids is 1. The van der Waals surface area contributed by atoms with Crippen LogP contribution in [-0.4, -0.2) is 44.9 Å². The minimum absolute atomic E-state index is 0.0566. The van der Waals surface area contributed by atoms with Crippen molar-refractivity contribution in [3.8, 4) is 0 Å². The van der Waals surface area contributed by atoms with Gasteiger partial charge in [0.25, 0.3) is 5.91 Å². The molecule has 1 aliphatic heterocycles. The number of ether oxygens (including phenoxy) is 1. The quantitative estimate of drug-likeness (QED) is 0.901. The first kappa shape index (κ1) is 17.5. The molecule has 25 heavy (non-hydrogen) atoms. The van der Waals surface area contributed by atoms with Crippen LogP contribution in [0.1, 0.15) is 10.4 Å². The molecule has 1 fully saturated rings. The number of rotatable bonds is 4. The number of hydrogen-bond donors (Lipinski definition) is 1. The van der Waals surface area contributed by atoms with Crippen LogP contribution in [-0.2, 0) is 14.8 Å². The Bertz CT molecular complexity index is 862. The molecule has 6 nitrogen and oxygen atoms in total. The summed E-state index contributed by atoms with van der Waals surface area (Å²) in [6.07, 6.45) is 0. The Morgan fingerprint density at radius 1 is 1.08 bits per heavy atom. The summed E-state index contributed by atoms with van der Waals surface area (Å²) in [5, 5.41) is 2.61. The molecule has 3 rings (SSSR count). The van der Waals surface area contributed by atoms with Gasteiger partial charge in [-0.1, -0.05) is 6.07 Å². The van der Waals surface area contributed by atoms with Crippen molar-refractivity contribution < 1.29 is 22.3 Å². The van der Waals surface area contributed by atoms with Crippen LogP contribution in [0.2, 0.25) is 0 Å². The summed E-state index contributed by atoms with van der Waals surface area (Å²) in [6, 6.07) is 11.2. The zero-order chi connectivity index (χ0) is 17.9. The van der Waals surface area contributed by atoms with Crippen LogP contribution in [0.3, 0.4) is 0 Å². The van der Waals surface area contributed by atoms with Gasteiger partial charge in [-0.15, -0.1) is 0 Å². The molecule has 0 bridgehead atoms. The SMILES string of the molecule is O=C(Nc1ccc(F)cc1)c1cccc(S(=O)(=O)N2CCOCC2)c1. The molecule has 0 aromatic heterocycles. The average molecular weight is 364 g/mol. The molecule has 132 valence electrons. The van der Waals surface area contributed by atoms with E-state index in [1.807, 2.05) is 0 Å². The summed E-state index contributed by atoms with van der Waals surface area (Å²) in [7, 11) is -3.67. The molecule has 1 aliphatic rings. The van der Waals surface area contributed by atoms with Gasteiger partial charge in [0.1, 0.15) is 5.82 Å². The summed E-state index contributed by atoms with van der Waals surface area (Å²) in [6.45, 7) is 1.27. The monoisotopic (exact) mass is 364 g/mol. The minimum Gasteiger partial charge on any atom is -0.379 e. The molecule has 2 aromatic rings. The van der Waals surface area contributed by atoms with Gasteiger partial charge in [-0.25, -0.2) is 12.8 Å². The van der Waals surface area contributed by atoms with E-state index in [0.29, 0.717) is 18.9 Å². The summed E-state index contributed by atoms with van der Waals surface area (Å²) in [5.41, 5.74) is 0.631. The maximum absolute atomic E-state index is 12.9. The van der Waals surface area contributed by atoms with Crippen molar-refractivity contribution in [2.45, 2.75) is 4.90 Å². The molecule has 0 unspecified atom stereocenters. The third kappa shape index (κ3) is 4.04. The number of amides is 1. The predicted octanol–water partition coefficient (Wildman–Crippen LogP) is 2.10. The summed E-state index contributed by atoms with van der Waals surface area (Å²) < 4.78 is 44.7. The summed E-state index contributed by atoms with van der Waals surface area (Å²) >= 11 is 0. The maximum Gasteiger partial charge on any atom is 0.255 e. The highest BCUT2D eigenvalue weighted by molar-refractivity contribution is 7.89. The second-order valence-corrected chi connectivity index (χ2v) is 7.44. The molecule has 1 amide bonds. The highest BCUT2D eigenvalue weighted by Crippen LogP contribution is 2.19. The molecule has 2 aromatic carbocycles. The third-order valence-electron chi connectivity index (χ3n) is 3.81. The van der Waals surface area contributed by atoms with Crippen LogP contribution in [0.25, 0.3) is 0 Å². The molecule has 0 radical (unpaired) electrons. The van der Waals surface area contributed by atoms with Gasteiger partial charge < -0.3 is 10.1 Å². The zero-order valence-electron chi connectivity index (χ0n) is 13.3. The lowest BCUT2D eigenvalue weighted by atomic mass is 10.2. The van der Waals surface area contributed by atoms with Crippen molar-refractivity contribution >= 4 is 21.6 Å². The Hall–Kier alpha value is -2.29. The molecule has 1 N–H and O–H groups in total. The Morgan fingerprint density at radius 3 is 2.44 bits per heavy atom. The molecular weight excluding hydrogens is 347 g/mol. The van der Waals surface area contributed by atoms with Crippen LogP contribution in [0.5, 0.6) is 0 Å². The normalized spacial score (nSPS) is 15.7. The van der Waals surface area contributed by atoms with Gasteiger partial charge in [-0.3, -0.25) is 4.79 Å². The number of halogens is 1. The molecule has 1 heterocycles. The van der Waals surface area contributed by atoms with E-state index in [9.17, 15) is 17.6 Å². The number of nitrogens with zero attached hydrogens (tertiary/aromatic N) is 1. The van der Waals surface area contributed by atoms with Gasteiger partial charge in [-0.2, -0.15) is 4.31 Å². The molecule has 8 heteroatoms. The number of carbonyl (C=O) groups is 1. The first-order valence-electron chi connectivity index (χ1n) is 7.72. The fraction of sp³-hybridized carbons (Fsp3) is 0.235. The summed E-state index contributed by atoms with van der Waals surface area (Å²) in [4.78, 5) is 12.4. The van der Waals surface area contributed by atoms with Crippen molar-refractivity contribution in [1.29, 1.82) is 0 Å². The van der Waals surface area contributed by atoms with Gasteiger partial charge in [0.2, 0.25) is 10.0 Å². The van der Waals surface area contributed by atoms with E-state index in [1.54, 1.807) is 0 Å². The highest BCUT2D eigenvalue weighted by Gasteiger charge is 2.26.